The molecule has 4 atom stereocenters. The van der Waals surface area contributed by atoms with Gasteiger partial charge in [-0.05, 0) is 131 Å². The summed E-state index contributed by atoms with van der Waals surface area (Å²) in [5.74, 6) is 9.74. The van der Waals surface area contributed by atoms with E-state index in [0.717, 1.165) is 47.3 Å². The smallest absolute Gasteiger partial charge is 0.127 e. The molecule has 0 spiro atoms. The van der Waals surface area contributed by atoms with Crippen LogP contribution in [0.25, 0.3) is 0 Å². The number of aryl methyl sites for hydroxylation is 1. The van der Waals surface area contributed by atoms with Crippen LogP contribution in [0.3, 0.4) is 0 Å². The molecular weight excluding hydrogens is 427 g/mol. The lowest BCUT2D eigenvalue weighted by atomic mass is 9.63. The summed E-state index contributed by atoms with van der Waals surface area (Å²) in [4.78, 5) is 0. The number of allylic oxidation sites excluding steroid dienone is 4. The van der Waals surface area contributed by atoms with Gasteiger partial charge in [0.25, 0.3) is 0 Å². The van der Waals surface area contributed by atoms with E-state index < -0.39 is 0 Å². The third kappa shape index (κ3) is 7.20. The van der Waals surface area contributed by atoms with Crippen molar-refractivity contribution in [1.29, 1.82) is 0 Å². The van der Waals surface area contributed by atoms with E-state index in [1.54, 1.807) is 6.07 Å². The molecule has 2 saturated carbocycles. The quantitative estimate of drug-likeness (QED) is 0.280. The predicted octanol–water partition coefficient (Wildman–Crippen LogP) is 9.39. The average Bonchev–Trinajstić information content (AvgIpc) is 2.89. The number of fused-ring (bicyclic) bond motifs is 1. The number of hydrogen-bond donors (Lipinski definition) is 0. The van der Waals surface area contributed by atoms with Gasteiger partial charge in [0.05, 0.1) is 0 Å². The molecule has 2 aliphatic carbocycles. The van der Waals surface area contributed by atoms with E-state index >= 15 is 0 Å². The fraction of sp³-hybridized carbons (Fsp3) is 0.471. The van der Waals surface area contributed by atoms with Crippen LogP contribution in [0.4, 0.5) is 4.39 Å². The number of benzene rings is 2. The van der Waals surface area contributed by atoms with Crippen LogP contribution < -0.4 is 0 Å². The Morgan fingerprint density at radius 1 is 0.800 bits per heavy atom. The molecule has 0 bridgehead atoms. The van der Waals surface area contributed by atoms with Crippen LogP contribution in [-0.2, 0) is 6.42 Å². The van der Waals surface area contributed by atoms with E-state index in [0.29, 0.717) is 5.92 Å². The standard InChI is InChI=1S/C34H41F/c1-3-5-7-9-27-16-20-33-25-32(22-21-31(33)23-27)29-17-13-26(14-18-29)11-12-28-15-19-30(34(35)24-28)10-8-6-4-2/h3-6,13-15,17-19,24,27,31-33H,7-10,16,20-23,25H2,1-2H3/b5-3+,6-4+. The summed E-state index contributed by atoms with van der Waals surface area (Å²) in [7, 11) is 0. The molecule has 1 heteroatoms. The minimum Gasteiger partial charge on any atom is -0.207 e. The van der Waals surface area contributed by atoms with Crippen molar-refractivity contribution < 1.29 is 4.39 Å². The Hall–Kier alpha value is -2.59. The molecule has 2 fully saturated rings. The van der Waals surface area contributed by atoms with E-state index in [1.165, 1.54) is 56.9 Å². The topological polar surface area (TPSA) is 0 Å². The molecule has 0 saturated heterocycles. The number of halogens is 1. The van der Waals surface area contributed by atoms with Crippen molar-refractivity contribution in [2.45, 2.75) is 84.0 Å². The second-order valence-electron chi connectivity index (χ2n) is 10.6. The summed E-state index contributed by atoms with van der Waals surface area (Å²) in [6.45, 7) is 4.12. The van der Waals surface area contributed by atoms with Crippen LogP contribution >= 0.6 is 0 Å². The highest BCUT2D eigenvalue weighted by atomic mass is 19.1. The molecule has 2 aromatic carbocycles. The van der Waals surface area contributed by atoms with Gasteiger partial charge in [-0.3, -0.25) is 0 Å². The van der Waals surface area contributed by atoms with Crippen LogP contribution in [0.5, 0.6) is 0 Å². The molecule has 35 heavy (non-hydrogen) atoms. The molecule has 0 heterocycles. The maximum Gasteiger partial charge on any atom is 0.127 e. The molecule has 2 aromatic rings. The first-order valence-corrected chi connectivity index (χ1v) is 13.8. The Kier molecular flexibility index (Phi) is 9.42. The zero-order chi connectivity index (χ0) is 24.5. The van der Waals surface area contributed by atoms with Gasteiger partial charge in [0.15, 0.2) is 0 Å². The average molecular weight is 469 g/mol. The van der Waals surface area contributed by atoms with Gasteiger partial charge < -0.3 is 0 Å². The lowest BCUT2D eigenvalue weighted by molar-refractivity contribution is 0.115. The van der Waals surface area contributed by atoms with Gasteiger partial charge >= 0.3 is 0 Å². The number of hydrogen-bond acceptors (Lipinski definition) is 0. The van der Waals surface area contributed by atoms with Crippen molar-refractivity contribution in [3.8, 4) is 11.8 Å². The highest BCUT2D eigenvalue weighted by Crippen LogP contribution is 2.48. The zero-order valence-corrected chi connectivity index (χ0v) is 21.6. The number of rotatable bonds is 7. The highest BCUT2D eigenvalue weighted by Gasteiger charge is 2.35. The van der Waals surface area contributed by atoms with Gasteiger partial charge in [-0.25, -0.2) is 4.39 Å². The van der Waals surface area contributed by atoms with Crippen molar-refractivity contribution in [2.24, 2.45) is 17.8 Å². The van der Waals surface area contributed by atoms with Gasteiger partial charge in [0.2, 0.25) is 0 Å². The fourth-order valence-electron chi connectivity index (χ4n) is 6.27. The van der Waals surface area contributed by atoms with Crippen molar-refractivity contribution in [1.82, 2.24) is 0 Å². The van der Waals surface area contributed by atoms with Crippen LogP contribution in [0, 0.1) is 35.4 Å². The Balaban J connectivity index is 1.31. The van der Waals surface area contributed by atoms with Gasteiger partial charge in [0.1, 0.15) is 5.82 Å². The minimum absolute atomic E-state index is 0.154. The Morgan fingerprint density at radius 3 is 2.26 bits per heavy atom. The van der Waals surface area contributed by atoms with Crippen LogP contribution in [0.1, 0.15) is 99.8 Å². The van der Waals surface area contributed by atoms with E-state index in [1.807, 2.05) is 25.1 Å². The third-order valence-electron chi connectivity index (χ3n) is 8.30. The Labute approximate surface area is 212 Å². The first kappa shape index (κ1) is 25.5. The molecule has 0 N–H and O–H groups in total. The molecule has 184 valence electrons. The monoisotopic (exact) mass is 468 g/mol. The Bertz CT molecular complexity index is 1060. The van der Waals surface area contributed by atoms with E-state index in [4.69, 9.17) is 0 Å². The van der Waals surface area contributed by atoms with E-state index in [-0.39, 0.29) is 5.82 Å². The van der Waals surface area contributed by atoms with Gasteiger partial charge in [-0.1, -0.05) is 60.8 Å². The van der Waals surface area contributed by atoms with Crippen molar-refractivity contribution in [2.75, 3.05) is 0 Å². The Morgan fingerprint density at radius 2 is 1.49 bits per heavy atom. The second-order valence-corrected chi connectivity index (χ2v) is 10.6. The summed E-state index contributed by atoms with van der Waals surface area (Å²) in [5.41, 5.74) is 3.97. The van der Waals surface area contributed by atoms with Crippen LogP contribution in [-0.4, -0.2) is 0 Å². The molecule has 0 radical (unpaired) electrons. The molecule has 0 nitrogen and oxygen atoms in total. The van der Waals surface area contributed by atoms with E-state index in [9.17, 15) is 4.39 Å². The summed E-state index contributed by atoms with van der Waals surface area (Å²) >= 11 is 0. The van der Waals surface area contributed by atoms with E-state index in [2.05, 4.69) is 61.3 Å². The molecule has 0 aromatic heterocycles. The fourth-order valence-corrected chi connectivity index (χ4v) is 6.27. The van der Waals surface area contributed by atoms with Crippen LogP contribution in [0.2, 0.25) is 0 Å². The molecular formula is C34H41F. The van der Waals surface area contributed by atoms with Crippen molar-refractivity contribution in [3.05, 3.63) is 94.8 Å². The summed E-state index contributed by atoms with van der Waals surface area (Å²) in [6.07, 6.45) is 21.2. The van der Waals surface area contributed by atoms with Crippen molar-refractivity contribution >= 4 is 0 Å². The van der Waals surface area contributed by atoms with Gasteiger partial charge in [0, 0.05) is 11.1 Å². The first-order valence-electron chi connectivity index (χ1n) is 13.8. The molecule has 2 aliphatic rings. The maximum absolute atomic E-state index is 14.4. The van der Waals surface area contributed by atoms with Crippen LogP contribution in [0.15, 0.2) is 66.8 Å². The molecule has 4 unspecified atom stereocenters. The summed E-state index contributed by atoms with van der Waals surface area (Å²) in [6, 6.07) is 14.2. The summed E-state index contributed by atoms with van der Waals surface area (Å²) < 4.78 is 14.4. The summed E-state index contributed by atoms with van der Waals surface area (Å²) in [5, 5.41) is 0. The SMILES string of the molecule is C/C=C/CCc1ccc(C#Cc2ccc(C3CCC4CC(CC/C=C/C)CCC4C3)cc2)cc1F. The molecule has 4 rings (SSSR count). The normalized spacial score (nSPS) is 24.3. The predicted molar refractivity (Wildman–Crippen MR) is 147 cm³/mol. The lowest BCUT2D eigenvalue weighted by Crippen LogP contribution is -2.30. The minimum atomic E-state index is -0.154. The lowest BCUT2D eigenvalue weighted by Gasteiger charge is -2.42. The molecule has 0 amide bonds. The maximum atomic E-state index is 14.4. The van der Waals surface area contributed by atoms with Crippen molar-refractivity contribution in [3.63, 3.8) is 0 Å². The zero-order valence-electron chi connectivity index (χ0n) is 21.6. The molecule has 0 aliphatic heterocycles. The van der Waals surface area contributed by atoms with Gasteiger partial charge in [-0.15, -0.1) is 0 Å². The van der Waals surface area contributed by atoms with Gasteiger partial charge in [-0.2, -0.15) is 0 Å². The first-order chi connectivity index (χ1) is 17.2. The largest absolute Gasteiger partial charge is 0.207 e. The highest BCUT2D eigenvalue weighted by molar-refractivity contribution is 5.44. The second kappa shape index (κ2) is 12.9. The third-order valence-corrected chi connectivity index (χ3v) is 8.30.